The van der Waals surface area contributed by atoms with Crippen LogP contribution >= 0.6 is 0 Å². The standard InChI is InChI=1S/C76H70N8/c1-45-33-57(53-17-13-29-81(9)41-53)34-46(2)69(45)73-61-21-23-63(77-61)74(70-47(3)35-58(36-48(70)4)54-18-14-30-82(10)42-54)65-25-27-67(79-65)76(72-51(7)39-60(40-52(72)8)56-20-16-32-84(12)44-56)68-28-26-66(80-68)75(64-24-22-62(73)78-64)71-49(5)37-59(38-50(71)6)55-19-15-31-83(11)43-55/h13-44,77,80H,1-12H3/q+4. The van der Waals surface area contributed by atoms with E-state index >= 15 is 0 Å². The van der Waals surface area contributed by atoms with Gasteiger partial charge >= 0.3 is 0 Å². The molecule has 0 atom stereocenters. The first-order valence-electron chi connectivity index (χ1n) is 29.0. The van der Waals surface area contributed by atoms with Crippen LogP contribution in [0.3, 0.4) is 0 Å². The smallest absolute Gasteiger partial charge is 0.176 e. The maximum absolute atomic E-state index is 5.83. The summed E-state index contributed by atoms with van der Waals surface area (Å²) in [5.41, 5.74) is 34.9. The van der Waals surface area contributed by atoms with Crippen molar-refractivity contribution in [3.8, 4) is 89.0 Å². The van der Waals surface area contributed by atoms with E-state index in [1.54, 1.807) is 0 Å². The van der Waals surface area contributed by atoms with Gasteiger partial charge in [0.15, 0.2) is 49.6 Å². The second-order valence-electron chi connectivity index (χ2n) is 23.5. The van der Waals surface area contributed by atoms with Crippen LogP contribution in [-0.4, -0.2) is 19.9 Å². The van der Waals surface area contributed by atoms with Crippen LogP contribution in [0.4, 0.5) is 0 Å². The monoisotopic (exact) mass is 1090 g/mol. The number of fused-ring (bicyclic) bond motifs is 8. The van der Waals surface area contributed by atoms with Gasteiger partial charge in [0.2, 0.25) is 0 Å². The number of H-pyrrole nitrogens is 2. The fourth-order valence-corrected chi connectivity index (χ4v) is 13.4. The molecule has 11 aromatic rings. The molecule has 0 aliphatic carbocycles. The predicted octanol–water partition coefficient (Wildman–Crippen LogP) is 15.8. The second kappa shape index (κ2) is 21.1. The third-order valence-electron chi connectivity index (χ3n) is 17.0. The molecule has 2 aliphatic rings. The van der Waals surface area contributed by atoms with Gasteiger partial charge in [-0.3, -0.25) is 0 Å². The largest absolute Gasteiger partial charge is 0.354 e. The highest BCUT2D eigenvalue weighted by molar-refractivity contribution is 6.02. The summed E-state index contributed by atoms with van der Waals surface area (Å²) >= 11 is 0. The Morgan fingerprint density at radius 3 is 0.655 bits per heavy atom. The minimum Gasteiger partial charge on any atom is -0.354 e. The van der Waals surface area contributed by atoms with Crippen LogP contribution in [0.1, 0.15) is 67.3 Å². The molecule has 0 amide bonds. The Morgan fingerprint density at radius 2 is 0.464 bits per heavy atom. The molecule has 84 heavy (non-hydrogen) atoms. The van der Waals surface area contributed by atoms with Gasteiger partial charge in [-0.25, -0.2) is 28.2 Å². The van der Waals surface area contributed by atoms with Crippen LogP contribution in [0, 0.1) is 55.4 Å². The minimum absolute atomic E-state index is 0.886. The van der Waals surface area contributed by atoms with Gasteiger partial charge in [-0.1, -0.05) is 48.5 Å². The topological polar surface area (TPSA) is 72.9 Å². The Balaban J connectivity index is 1.16. The number of aromatic nitrogens is 8. The van der Waals surface area contributed by atoms with Gasteiger partial charge in [-0.05, 0) is 217 Å². The average molecular weight is 1100 g/mol. The lowest BCUT2D eigenvalue weighted by Crippen LogP contribution is -2.26. The highest BCUT2D eigenvalue weighted by Gasteiger charge is 2.25. The maximum Gasteiger partial charge on any atom is 0.176 e. The average Bonchev–Trinajstić information content (AvgIpc) is 2.62. The second-order valence-corrected chi connectivity index (χ2v) is 23.5. The molecule has 8 heteroatoms. The van der Waals surface area contributed by atoms with Crippen molar-refractivity contribution in [3.05, 3.63) is 238 Å². The molecule has 0 saturated heterocycles. The summed E-state index contributed by atoms with van der Waals surface area (Å²) in [5, 5.41) is 0. The van der Waals surface area contributed by atoms with Crippen LogP contribution in [0.2, 0.25) is 0 Å². The molecule has 0 fully saturated rings. The van der Waals surface area contributed by atoms with Crippen molar-refractivity contribution in [2.45, 2.75) is 55.4 Å². The number of aromatic amines is 2. The first-order chi connectivity index (χ1) is 40.5. The molecule has 2 N–H and O–H groups in total. The highest BCUT2D eigenvalue weighted by atomic mass is 14.9. The third kappa shape index (κ3) is 9.67. The Morgan fingerprint density at radius 1 is 0.262 bits per heavy atom. The number of nitrogens with zero attached hydrogens (tertiary/aromatic N) is 6. The van der Waals surface area contributed by atoms with E-state index in [4.69, 9.17) is 9.97 Å². The van der Waals surface area contributed by atoms with Crippen molar-refractivity contribution in [1.82, 2.24) is 19.9 Å². The van der Waals surface area contributed by atoms with E-state index in [9.17, 15) is 0 Å². The SMILES string of the molecule is Cc1cc(-c2ccc[n+](C)c2)cc(C)c1-c1c2nc(c(-c3c(C)cc(-c4ccc[n+](C)c4)cc3C)c3ccc([nH]3)c(-c3c(C)cc(-c4ccc[n+](C)c4)cc3C)c3nc(c(-c4c(C)cc(-c5ccc[n+](C)c5)cc4C)c4ccc1[nH]4)C=C3)C=C2. The molecule has 0 spiro atoms. The van der Waals surface area contributed by atoms with Gasteiger partial charge in [0.25, 0.3) is 0 Å². The Bertz CT molecular complexity index is 4120. The molecule has 0 unspecified atom stereocenters. The summed E-state index contributed by atoms with van der Waals surface area (Å²) in [6.07, 6.45) is 26.0. The lowest BCUT2D eigenvalue weighted by Gasteiger charge is -2.16. The zero-order chi connectivity index (χ0) is 58.2. The molecule has 9 heterocycles. The molecule has 0 saturated carbocycles. The molecular weight excluding hydrogens is 1020 g/mol. The van der Waals surface area contributed by atoms with E-state index in [-0.39, 0.29) is 0 Å². The zero-order valence-corrected chi connectivity index (χ0v) is 50.2. The summed E-state index contributed by atoms with van der Waals surface area (Å²) in [7, 11) is 8.31. The van der Waals surface area contributed by atoms with E-state index < -0.39 is 0 Å². The zero-order valence-electron chi connectivity index (χ0n) is 50.2. The van der Waals surface area contributed by atoms with Crippen LogP contribution in [0.5, 0.6) is 0 Å². The van der Waals surface area contributed by atoms with Crippen molar-refractivity contribution in [2.24, 2.45) is 28.2 Å². The van der Waals surface area contributed by atoms with Crippen LogP contribution in [0.15, 0.2) is 171 Å². The molecule has 8 bridgehead atoms. The lowest BCUT2D eigenvalue weighted by molar-refractivity contribution is -0.671. The molecule has 7 aromatic heterocycles. The highest BCUT2D eigenvalue weighted by Crippen LogP contribution is 2.45. The normalized spacial score (nSPS) is 12.0. The van der Waals surface area contributed by atoms with Crippen molar-refractivity contribution in [2.75, 3.05) is 0 Å². The molecule has 8 nitrogen and oxygen atoms in total. The fraction of sp³-hybridized carbons (Fsp3) is 0.158. The Hall–Kier alpha value is -9.92. The summed E-state index contributed by atoms with van der Waals surface area (Å²) < 4.78 is 8.45. The number of hydrogen-bond acceptors (Lipinski definition) is 2. The van der Waals surface area contributed by atoms with E-state index in [2.05, 4.69) is 307 Å². The van der Waals surface area contributed by atoms with Crippen LogP contribution in [0.25, 0.3) is 135 Å². The number of nitrogens with one attached hydrogen (secondary N) is 2. The maximum atomic E-state index is 5.83. The number of pyridine rings is 4. The van der Waals surface area contributed by atoms with Gasteiger partial charge in [0.05, 0.1) is 22.8 Å². The predicted molar refractivity (Wildman–Crippen MR) is 345 cm³/mol. The summed E-state index contributed by atoms with van der Waals surface area (Å²) in [6.45, 7) is 18.0. The van der Waals surface area contributed by atoms with E-state index in [0.717, 1.165) is 89.4 Å². The molecule has 2 aliphatic heterocycles. The number of hydrogen-bond donors (Lipinski definition) is 2. The van der Waals surface area contributed by atoms with Crippen molar-refractivity contribution < 1.29 is 18.3 Å². The number of rotatable bonds is 8. The molecule has 0 radical (unpaired) electrons. The van der Waals surface area contributed by atoms with Crippen molar-refractivity contribution >= 4 is 46.4 Å². The molecular formula is C76H70N8+4. The van der Waals surface area contributed by atoms with Gasteiger partial charge in [0, 0.05) is 90.8 Å². The third-order valence-corrected chi connectivity index (χ3v) is 17.0. The Kier molecular flexibility index (Phi) is 13.4. The molecule has 410 valence electrons. The quantitative estimate of drug-likeness (QED) is 0.149. The van der Waals surface area contributed by atoms with E-state index in [1.807, 2.05) is 0 Å². The minimum atomic E-state index is 0.886. The first kappa shape index (κ1) is 53.4. The van der Waals surface area contributed by atoms with Gasteiger partial charge in [0.1, 0.15) is 28.2 Å². The van der Waals surface area contributed by atoms with Crippen LogP contribution in [-0.2, 0) is 28.2 Å². The number of aryl methyl sites for hydroxylation is 12. The van der Waals surface area contributed by atoms with Crippen LogP contribution < -0.4 is 18.3 Å². The number of benzene rings is 4. The molecule has 13 rings (SSSR count). The first-order valence-corrected chi connectivity index (χ1v) is 29.0. The summed E-state index contributed by atoms with van der Waals surface area (Å²) in [4.78, 5) is 19.9. The van der Waals surface area contributed by atoms with Gasteiger partial charge in [-0.2, -0.15) is 0 Å². The fourth-order valence-electron chi connectivity index (χ4n) is 13.4. The van der Waals surface area contributed by atoms with Gasteiger partial charge in [-0.15, -0.1) is 0 Å². The summed E-state index contributed by atoms with van der Waals surface area (Å²) in [5.74, 6) is 0. The molecule has 4 aromatic carbocycles. The van der Waals surface area contributed by atoms with Crippen molar-refractivity contribution in [1.29, 1.82) is 0 Å². The van der Waals surface area contributed by atoms with Gasteiger partial charge < -0.3 is 9.97 Å². The Labute approximate surface area is 492 Å². The van der Waals surface area contributed by atoms with Crippen molar-refractivity contribution in [3.63, 3.8) is 0 Å². The summed E-state index contributed by atoms with van der Waals surface area (Å²) in [6, 6.07) is 44.9. The van der Waals surface area contributed by atoms with E-state index in [0.29, 0.717) is 0 Å². The lowest BCUT2D eigenvalue weighted by atomic mass is 9.90. The van der Waals surface area contributed by atoms with E-state index in [1.165, 1.54) is 89.0 Å².